The number of aromatic hydroxyl groups is 1. The van der Waals surface area contributed by atoms with Crippen molar-refractivity contribution in [2.45, 2.75) is 71.5 Å². The lowest BCUT2D eigenvalue weighted by atomic mass is 9.85. The molecular formula is C29H35Cl3N4O3. The molecular weight excluding hydrogens is 559 g/mol. The molecule has 1 fully saturated rings. The van der Waals surface area contributed by atoms with Crippen LogP contribution in [-0.2, 0) is 4.79 Å². The standard InChI is InChI=1S/C29H34Cl2N4O3.ClH/c1-15(32)28(38)35-19-8-6-18(7-9-19)34-25-20-11-16(17-12-22(30)26(36)23(31)13-17)5-10-24(20)33-14-21(25)27(37)29(2,3)4;/h5,10-15,18-19,36H,6-9,32H2,1-4H3,(H,33,34)(H,35,38);1H. The maximum Gasteiger partial charge on any atom is 0.236 e. The van der Waals surface area contributed by atoms with Crippen LogP contribution in [0.2, 0.25) is 10.0 Å². The number of benzene rings is 2. The number of rotatable bonds is 6. The van der Waals surface area contributed by atoms with E-state index in [0.29, 0.717) is 5.56 Å². The maximum atomic E-state index is 13.5. The molecule has 1 aromatic heterocycles. The number of Topliss-reactive ketones (excluding diaryl/α,β-unsaturated/α-hetero) is 1. The topological polar surface area (TPSA) is 117 Å². The molecule has 5 N–H and O–H groups in total. The molecule has 1 aliphatic carbocycles. The van der Waals surface area contributed by atoms with Gasteiger partial charge in [0.05, 0.1) is 32.9 Å². The average Bonchev–Trinajstić information content (AvgIpc) is 2.87. The summed E-state index contributed by atoms with van der Waals surface area (Å²) in [5.41, 5.74) is 8.71. The monoisotopic (exact) mass is 592 g/mol. The molecule has 10 heteroatoms. The SMILES string of the molecule is CC(N)C(=O)NC1CCC(Nc2c(C(=O)C(C)(C)C)cnc3ccc(-c4cc(Cl)c(O)c(Cl)c4)cc23)CC1.Cl. The molecule has 1 heterocycles. The summed E-state index contributed by atoms with van der Waals surface area (Å²) in [6.45, 7) is 7.37. The lowest BCUT2D eigenvalue weighted by Crippen LogP contribution is -2.46. The van der Waals surface area contributed by atoms with E-state index in [1.165, 1.54) is 0 Å². The minimum absolute atomic E-state index is 0. The number of nitrogens with two attached hydrogens (primary N) is 1. The lowest BCUT2D eigenvalue weighted by molar-refractivity contribution is -0.122. The maximum absolute atomic E-state index is 13.5. The third kappa shape index (κ3) is 6.95. The van der Waals surface area contributed by atoms with Crippen LogP contribution in [0.15, 0.2) is 36.5 Å². The zero-order chi connectivity index (χ0) is 27.8. The van der Waals surface area contributed by atoms with Crippen LogP contribution in [0, 0.1) is 5.41 Å². The first kappa shape index (κ1) is 31.0. The van der Waals surface area contributed by atoms with Crippen LogP contribution in [0.25, 0.3) is 22.0 Å². The van der Waals surface area contributed by atoms with Crippen LogP contribution >= 0.6 is 35.6 Å². The fraction of sp³-hybridized carbons (Fsp3) is 0.414. The Morgan fingerprint density at radius 1 is 1.03 bits per heavy atom. The number of carbonyl (C=O) groups is 2. The molecule has 0 radical (unpaired) electrons. The number of halogens is 3. The summed E-state index contributed by atoms with van der Waals surface area (Å²) in [5.74, 6) is -0.303. The predicted octanol–water partition coefficient (Wildman–Crippen LogP) is 6.75. The number of nitrogens with one attached hydrogen (secondary N) is 2. The van der Waals surface area contributed by atoms with Gasteiger partial charge in [0, 0.05) is 29.1 Å². The van der Waals surface area contributed by atoms with Gasteiger partial charge in [0.1, 0.15) is 0 Å². The van der Waals surface area contributed by atoms with Gasteiger partial charge in [-0.25, -0.2) is 0 Å². The number of anilines is 1. The Hall–Kier alpha value is -2.58. The Morgan fingerprint density at radius 3 is 2.18 bits per heavy atom. The number of nitrogens with zero attached hydrogens (tertiary/aromatic N) is 1. The molecule has 0 saturated heterocycles. The summed E-state index contributed by atoms with van der Waals surface area (Å²) in [6, 6.07) is 8.78. The first-order valence-electron chi connectivity index (χ1n) is 12.8. The number of hydrogen-bond acceptors (Lipinski definition) is 6. The highest BCUT2D eigenvalue weighted by Crippen LogP contribution is 2.39. The van der Waals surface area contributed by atoms with Gasteiger partial charge in [-0.15, -0.1) is 12.4 Å². The van der Waals surface area contributed by atoms with Crippen LogP contribution in [-0.4, -0.2) is 39.9 Å². The number of aromatic nitrogens is 1. The fourth-order valence-corrected chi connectivity index (χ4v) is 5.24. The molecule has 1 saturated carbocycles. The smallest absolute Gasteiger partial charge is 0.236 e. The van der Waals surface area contributed by atoms with Gasteiger partial charge in [-0.2, -0.15) is 0 Å². The van der Waals surface area contributed by atoms with Crippen molar-refractivity contribution in [2.24, 2.45) is 11.1 Å². The number of ketones is 1. The number of amides is 1. The van der Waals surface area contributed by atoms with Gasteiger partial charge in [0.15, 0.2) is 11.5 Å². The average molecular weight is 594 g/mol. The fourth-order valence-electron chi connectivity index (χ4n) is 4.75. The minimum Gasteiger partial charge on any atom is -0.505 e. The number of pyridine rings is 1. The molecule has 0 aliphatic heterocycles. The Kier molecular flexibility index (Phi) is 9.76. The Bertz CT molecular complexity index is 1360. The highest BCUT2D eigenvalue weighted by Gasteiger charge is 2.29. The largest absolute Gasteiger partial charge is 0.505 e. The van der Waals surface area contributed by atoms with E-state index in [4.69, 9.17) is 28.9 Å². The highest BCUT2D eigenvalue weighted by atomic mass is 35.5. The third-order valence-corrected chi connectivity index (χ3v) is 7.56. The molecule has 0 spiro atoms. The van der Waals surface area contributed by atoms with Crippen molar-refractivity contribution in [1.29, 1.82) is 0 Å². The van der Waals surface area contributed by atoms with Gasteiger partial charge in [-0.1, -0.05) is 50.0 Å². The quantitative estimate of drug-likeness (QED) is 0.235. The zero-order valence-electron chi connectivity index (χ0n) is 22.5. The van der Waals surface area contributed by atoms with Crippen molar-refractivity contribution in [3.63, 3.8) is 0 Å². The minimum atomic E-state index is -0.595. The van der Waals surface area contributed by atoms with E-state index in [2.05, 4.69) is 15.6 Å². The van der Waals surface area contributed by atoms with Crippen molar-refractivity contribution >= 4 is 63.9 Å². The summed E-state index contributed by atoms with van der Waals surface area (Å²) >= 11 is 12.4. The molecule has 1 amide bonds. The molecule has 1 unspecified atom stereocenters. The van der Waals surface area contributed by atoms with Crippen LogP contribution < -0.4 is 16.4 Å². The zero-order valence-corrected chi connectivity index (χ0v) is 24.8. The molecule has 1 atom stereocenters. The van der Waals surface area contributed by atoms with E-state index in [1.807, 2.05) is 39.0 Å². The van der Waals surface area contributed by atoms with Gasteiger partial charge < -0.3 is 21.5 Å². The van der Waals surface area contributed by atoms with E-state index in [1.54, 1.807) is 25.3 Å². The number of phenolic OH excluding ortho intramolecular Hbond substituents is 1. The van der Waals surface area contributed by atoms with Crippen LogP contribution in [0.1, 0.15) is 63.7 Å². The molecule has 4 rings (SSSR count). The number of hydrogen-bond donors (Lipinski definition) is 4. The van der Waals surface area contributed by atoms with Gasteiger partial charge in [-0.05, 0) is 68.0 Å². The number of carbonyl (C=O) groups excluding carboxylic acids is 2. The predicted molar refractivity (Wildman–Crippen MR) is 161 cm³/mol. The second kappa shape index (κ2) is 12.3. The van der Waals surface area contributed by atoms with Crippen molar-refractivity contribution in [2.75, 3.05) is 5.32 Å². The van der Waals surface area contributed by atoms with E-state index in [9.17, 15) is 14.7 Å². The summed E-state index contributed by atoms with van der Waals surface area (Å²) in [5, 5.41) is 17.8. The molecule has 0 bridgehead atoms. The number of fused-ring (bicyclic) bond motifs is 1. The van der Waals surface area contributed by atoms with Crippen LogP contribution in [0.3, 0.4) is 0 Å². The summed E-state index contributed by atoms with van der Waals surface area (Å²) in [6.07, 6.45) is 4.95. The molecule has 39 heavy (non-hydrogen) atoms. The van der Waals surface area contributed by atoms with E-state index in [0.717, 1.165) is 53.4 Å². The summed E-state index contributed by atoms with van der Waals surface area (Å²) < 4.78 is 0. The molecule has 2 aromatic carbocycles. The normalized spacial score (nSPS) is 18.2. The second-order valence-corrected chi connectivity index (χ2v) is 12.0. The van der Waals surface area contributed by atoms with Crippen molar-refractivity contribution < 1.29 is 14.7 Å². The molecule has 1 aliphatic rings. The van der Waals surface area contributed by atoms with Gasteiger partial charge in [0.25, 0.3) is 0 Å². The van der Waals surface area contributed by atoms with E-state index in [-0.39, 0.29) is 52.0 Å². The Morgan fingerprint density at radius 2 is 1.62 bits per heavy atom. The Balaban J connectivity index is 0.00000420. The van der Waals surface area contributed by atoms with Crippen LogP contribution in [0.5, 0.6) is 5.75 Å². The molecule has 3 aromatic rings. The lowest BCUT2D eigenvalue weighted by Gasteiger charge is -2.32. The van der Waals surface area contributed by atoms with Crippen molar-refractivity contribution in [3.8, 4) is 16.9 Å². The van der Waals surface area contributed by atoms with Gasteiger partial charge in [0.2, 0.25) is 5.91 Å². The second-order valence-electron chi connectivity index (χ2n) is 11.1. The molecule has 7 nitrogen and oxygen atoms in total. The van der Waals surface area contributed by atoms with Gasteiger partial charge in [-0.3, -0.25) is 14.6 Å². The summed E-state index contributed by atoms with van der Waals surface area (Å²) in [4.78, 5) is 30.1. The Labute approximate surface area is 245 Å². The van der Waals surface area contributed by atoms with Crippen molar-refractivity contribution in [3.05, 3.63) is 52.1 Å². The summed E-state index contributed by atoms with van der Waals surface area (Å²) in [7, 11) is 0. The highest BCUT2D eigenvalue weighted by molar-refractivity contribution is 6.37. The van der Waals surface area contributed by atoms with E-state index < -0.39 is 11.5 Å². The van der Waals surface area contributed by atoms with Crippen LogP contribution in [0.4, 0.5) is 5.69 Å². The van der Waals surface area contributed by atoms with Gasteiger partial charge >= 0.3 is 0 Å². The third-order valence-electron chi connectivity index (χ3n) is 6.98. The first-order valence-corrected chi connectivity index (χ1v) is 13.6. The first-order chi connectivity index (χ1) is 17.8. The van der Waals surface area contributed by atoms with E-state index >= 15 is 0 Å². The molecule has 210 valence electrons. The number of phenols is 1. The van der Waals surface area contributed by atoms with Crippen molar-refractivity contribution in [1.82, 2.24) is 10.3 Å².